The molecule has 0 aliphatic heterocycles. The first-order chi connectivity index (χ1) is 11.1. The second kappa shape index (κ2) is 6.15. The van der Waals surface area contributed by atoms with E-state index in [0.29, 0.717) is 21.7 Å². The molecule has 4 nitrogen and oxygen atoms in total. The van der Waals surface area contributed by atoms with Crippen molar-refractivity contribution in [3.8, 4) is 6.07 Å². The molecule has 23 heavy (non-hydrogen) atoms. The lowest BCUT2D eigenvalue weighted by molar-refractivity contribution is 0.586. The average Bonchev–Trinajstić information content (AvgIpc) is 2.92. The molecule has 1 aromatic heterocycles. The first kappa shape index (κ1) is 15.1. The number of fused-ring (bicyclic) bond motifs is 1. The fourth-order valence-corrected chi connectivity index (χ4v) is 2.45. The van der Waals surface area contributed by atoms with Crippen molar-refractivity contribution in [1.29, 1.82) is 5.26 Å². The SMILES string of the molecule is Cc1ccc(N/C=C(/C#N)c2nc3cc(Cl)ccc3o2)c(C)c1. The zero-order chi connectivity index (χ0) is 16.4. The highest BCUT2D eigenvalue weighted by atomic mass is 35.5. The van der Waals surface area contributed by atoms with E-state index < -0.39 is 0 Å². The van der Waals surface area contributed by atoms with Crippen molar-refractivity contribution in [1.82, 2.24) is 4.98 Å². The number of hydrogen-bond donors (Lipinski definition) is 1. The molecule has 1 N–H and O–H groups in total. The Balaban J connectivity index is 1.93. The van der Waals surface area contributed by atoms with Crippen LogP contribution < -0.4 is 5.32 Å². The van der Waals surface area contributed by atoms with Crippen molar-refractivity contribution in [3.63, 3.8) is 0 Å². The number of hydrogen-bond acceptors (Lipinski definition) is 4. The normalized spacial score (nSPS) is 11.5. The first-order valence-corrected chi connectivity index (χ1v) is 7.45. The number of rotatable bonds is 3. The second-order valence-corrected chi connectivity index (χ2v) is 5.70. The summed E-state index contributed by atoms with van der Waals surface area (Å²) in [5.41, 5.74) is 4.76. The van der Waals surface area contributed by atoms with Gasteiger partial charge in [-0.15, -0.1) is 0 Å². The minimum atomic E-state index is 0.266. The van der Waals surface area contributed by atoms with Crippen LogP contribution in [0, 0.1) is 25.2 Å². The van der Waals surface area contributed by atoms with Gasteiger partial charge in [-0.05, 0) is 43.7 Å². The Bertz CT molecular complexity index is 951. The molecular weight excluding hydrogens is 310 g/mol. The summed E-state index contributed by atoms with van der Waals surface area (Å²) in [7, 11) is 0. The van der Waals surface area contributed by atoms with Gasteiger partial charge in [-0.25, -0.2) is 4.98 Å². The van der Waals surface area contributed by atoms with Gasteiger partial charge in [0, 0.05) is 16.9 Å². The van der Waals surface area contributed by atoms with Crippen LogP contribution in [0.25, 0.3) is 16.7 Å². The minimum absolute atomic E-state index is 0.266. The van der Waals surface area contributed by atoms with Gasteiger partial charge < -0.3 is 9.73 Å². The zero-order valence-corrected chi connectivity index (χ0v) is 13.5. The smallest absolute Gasteiger partial charge is 0.239 e. The third-order valence-electron chi connectivity index (χ3n) is 3.45. The summed E-state index contributed by atoms with van der Waals surface area (Å²) < 4.78 is 5.61. The fraction of sp³-hybridized carbons (Fsp3) is 0.111. The molecule has 0 atom stereocenters. The molecule has 0 amide bonds. The summed E-state index contributed by atoms with van der Waals surface area (Å²) in [5.74, 6) is 0.266. The van der Waals surface area contributed by atoms with E-state index in [4.69, 9.17) is 16.0 Å². The molecule has 0 bridgehead atoms. The number of aromatic nitrogens is 1. The van der Waals surface area contributed by atoms with Gasteiger partial charge >= 0.3 is 0 Å². The van der Waals surface area contributed by atoms with Crippen molar-refractivity contribution in [2.45, 2.75) is 13.8 Å². The van der Waals surface area contributed by atoms with Gasteiger partial charge in [0.15, 0.2) is 5.58 Å². The number of nitrogens with zero attached hydrogens (tertiary/aromatic N) is 2. The maximum atomic E-state index is 9.37. The summed E-state index contributed by atoms with van der Waals surface area (Å²) in [6.07, 6.45) is 1.60. The van der Waals surface area contributed by atoms with E-state index in [1.165, 1.54) is 5.56 Å². The Morgan fingerprint density at radius 2 is 2.09 bits per heavy atom. The van der Waals surface area contributed by atoms with Crippen LogP contribution in [0.4, 0.5) is 5.69 Å². The van der Waals surface area contributed by atoms with Gasteiger partial charge in [0.2, 0.25) is 5.89 Å². The number of halogens is 1. The third-order valence-corrected chi connectivity index (χ3v) is 3.69. The molecule has 2 aromatic carbocycles. The van der Waals surface area contributed by atoms with Crippen molar-refractivity contribution >= 4 is 34.0 Å². The highest BCUT2D eigenvalue weighted by Crippen LogP contribution is 2.24. The van der Waals surface area contributed by atoms with Crippen molar-refractivity contribution < 1.29 is 4.42 Å². The Morgan fingerprint density at radius 1 is 1.26 bits per heavy atom. The zero-order valence-electron chi connectivity index (χ0n) is 12.7. The Labute approximate surface area is 139 Å². The quantitative estimate of drug-likeness (QED) is 0.683. The van der Waals surface area contributed by atoms with E-state index in [9.17, 15) is 5.26 Å². The fourth-order valence-electron chi connectivity index (χ4n) is 2.28. The lowest BCUT2D eigenvalue weighted by Gasteiger charge is -2.06. The van der Waals surface area contributed by atoms with Crippen LogP contribution in [0.1, 0.15) is 17.0 Å². The molecule has 0 fully saturated rings. The molecule has 5 heteroatoms. The highest BCUT2D eigenvalue weighted by Gasteiger charge is 2.11. The molecular formula is C18H14ClN3O. The van der Waals surface area contributed by atoms with Gasteiger partial charge in [-0.3, -0.25) is 0 Å². The largest absolute Gasteiger partial charge is 0.435 e. The van der Waals surface area contributed by atoms with E-state index >= 15 is 0 Å². The molecule has 0 saturated carbocycles. The van der Waals surface area contributed by atoms with Crippen molar-refractivity contribution in [3.05, 3.63) is 64.6 Å². The van der Waals surface area contributed by atoms with Gasteiger partial charge in [-0.2, -0.15) is 5.26 Å². The minimum Gasteiger partial charge on any atom is -0.435 e. The highest BCUT2D eigenvalue weighted by molar-refractivity contribution is 6.31. The summed E-state index contributed by atoms with van der Waals surface area (Å²) in [6.45, 7) is 4.05. The molecule has 3 aromatic rings. The molecule has 3 rings (SSSR count). The summed E-state index contributed by atoms with van der Waals surface area (Å²) in [5, 5.41) is 13.1. The van der Waals surface area contributed by atoms with Gasteiger partial charge in [-0.1, -0.05) is 29.3 Å². The predicted molar refractivity (Wildman–Crippen MR) is 92.1 cm³/mol. The van der Waals surface area contributed by atoms with E-state index in [1.54, 1.807) is 24.4 Å². The van der Waals surface area contributed by atoms with Crippen molar-refractivity contribution in [2.75, 3.05) is 5.32 Å². The number of nitriles is 1. The molecule has 0 aliphatic carbocycles. The molecule has 0 aliphatic rings. The van der Waals surface area contributed by atoms with Gasteiger partial charge in [0.05, 0.1) is 0 Å². The van der Waals surface area contributed by atoms with Crippen LogP contribution in [-0.2, 0) is 0 Å². The standard InChI is InChI=1S/C18H14ClN3O/c1-11-3-5-15(12(2)7-11)21-10-13(9-20)18-22-16-8-14(19)4-6-17(16)23-18/h3-8,10,21H,1-2H3/b13-10-. The molecule has 114 valence electrons. The molecule has 0 unspecified atom stereocenters. The molecule has 0 radical (unpaired) electrons. The number of allylic oxidation sites excluding steroid dienone is 1. The van der Waals surface area contributed by atoms with Crippen LogP contribution in [0.3, 0.4) is 0 Å². The van der Waals surface area contributed by atoms with Crippen LogP contribution in [0.2, 0.25) is 5.02 Å². The molecule has 1 heterocycles. The first-order valence-electron chi connectivity index (χ1n) is 7.07. The number of anilines is 1. The molecule has 0 saturated heterocycles. The predicted octanol–water partition coefficient (Wildman–Crippen LogP) is 5.07. The topological polar surface area (TPSA) is 61.9 Å². The maximum Gasteiger partial charge on any atom is 0.239 e. The lowest BCUT2D eigenvalue weighted by Crippen LogP contribution is -1.94. The van der Waals surface area contributed by atoms with Gasteiger partial charge in [0.25, 0.3) is 0 Å². The Morgan fingerprint density at radius 3 is 2.83 bits per heavy atom. The van der Waals surface area contributed by atoms with Gasteiger partial charge in [0.1, 0.15) is 17.2 Å². The number of nitrogens with one attached hydrogen (secondary N) is 1. The number of oxazole rings is 1. The Kier molecular flexibility index (Phi) is 4.05. The average molecular weight is 324 g/mol. The number of aryl methyl sites for hydroxylation is 2. The van der Waals surface area contributed by atoms with E-state index in [1.807, 2.05) is 26.0 Å². The van der Waals surface area contributed by atoms with Crippen LogP contribution in [-0.4, -0.2) is 4.98 Å². The summed E-state index contributed by atoms with van der Waals surface area (Å²) in [6, 6.07) is 13.3. The van der Waals surface area contributed by atoms with E-state index in [-0.39, 0.29) is 5.89 Å². The summed E-state index contributed by atoms with van der Waals surface area (Å²) >= 11 is 5.94. The van der Waals surface area contributed by atoms with E-state index in [0.717, 1.165) is 11.3 Å². The molecule has 0 spiro atoms. The second-order valence-electron chi connectivity index (χ2n) is 5.26. The summed E-state index contributed by atoms with van der Waals surface area (Å²) in [4.78, 5) is 4.31. The van der Waals surface area contributed by atoms with E-state index in [2.05, 4.69) is 22.4 Å². The maximum absolute atomic E-state index is 9.37. The lowest BCUT2D eigenvalue weighted by atomic mass is 10.1. The third kappa shape index (κ3) is 3.20. The Hall–Kier alpha value is -2.77. The number of benzene rings is 2. The monoisotopic (exact) mass is 323 g/mol. The van der Waals surface area contributed by atoms with Crippen LogP contribution >= 0.6 is 11.6 Å². The van der Waals surface area contributed by atoms with Crippen LogP contribution in [0.5, 0.6) is 0 Å². The van der Waals surface area contributed by atoms with Crippen molar-refractivity contribution in [2.24, 2.45) is 0 Å². The van der Waals surface area contributed by atoms with Crippen LogP contribution in [0.15, 0.2) is 47.0 Å².